The Hall–Kier alpha value is -3.29. The van der Waals surface area contributed by atoms with E-state index in [1.165, 1.54) is 0 Å². The molecule has 0 bridgehead atoms. The van der Waals surface area contributed by atoms with Crippen molar-refractivity contribution in [3.63, 3.8) is 0 Å². The summed E-state index contributed by atoms with van der Waals surface area (Å²) in [6, 6.07) is 15.6. The highest BCUT2D eigenvalue weighted by Crippen LogP contribution is 2.35. The van der Waals surface area contributed by atoms with Crippen molar-refractivity contribution in [1.29, 1.82) is 0 Å². The van der Waals surface area contributed by atoms with Crippen molar-refractivity contribution in [2.75, 3.05) is 10.6 Å². The van der Waals surface area contributed by atoms with E-state index in [0.717, 1.165) is 12.6 Å². The second-order valence-corrected chi connectivity index (χ2v) is 6.43. The van der Waals surface area contributed by atoms with Gasteiger partial charge in [0.1, 0.15) is 17.1 Å². The van der Waals surface area contributed by atoms with Crippen molar-refractivity contribution in [3.05, 3.63) is 66.4 Å². The molecular weight excluding hydrogens is 381 g/mol. The molecule has 152 valence electrons. The molecule has 0 saturated carbocycles. The molecule has 3 aromatic rings. The summed E-state index contributed by atoms with van der Waals surface area (Å²) in [4.78, 5) is 7.84. The van der Waals surface area contributed by atoms with Crippen LogP contribution in [0.25, 0.3) is 0 Å². The summed E-state index contributed by atoms with van der Waals surface area (Å²) in [6.07, 6.45) is -2.83. The molecule has 29 heavy (non-hydrogen) atoms. The summed E-state index contributed by atoms with van der Waals surface area (Å²) in [5, 5.41) is 5.63. The lowest BCUT2D eigenvalue weighted by atomic mass is 10.2. The Bertz CT molecular complexity index is 931. The number of halogens is 3. The Kier molecular flexibility index (Phi) is 6.21. The predicted octanol–water partition coefficient (Wildman–Crippen LogP) is 6.16. The van der Waals surface area contributed by atoms with E-state index in [4.69, 9.17) is 4.74 Å². The smallest absolute Gasteiger partial charge is 0.421 e. The lowest BCUT2D eigenvalue weighted by Crippen LogP contribution is -2.12. The van der Waals surface area contributed by atoms with Gasteiger partial charge < -0.3 is 15.4 Å². The molecule has 3 rings (SSSR count). The number of rotatable bonds is 7. The first kappa shape index (κ1) is 20.4. The number of benzene rings is 2. The Morgan fingerprint density at radius 3 is 2.24 bits per heavy atom. The number of para-hydroxylation sites is 1. The molecule has 2 N–H and O–H groups in total. The zero-order chi connectivity index (χ0) is 20.9. The highest BCUT2D eigenvalue weighted by Gasteiger charge is 2.35. The van der Waals surface area contributed by atoms with Crippen molar-refractivity contribution >= 4 is 23.1 Å². The molecule has 1 aromatic heterocycles. The van der Waals surface area contributed by atoms with Crippen molar-refractivity contribution < 1.29 is 17.9 Å². The monoisotopic (exact) mass is 402 g/mol. The molecule has 0 radical (unpaired) electrons. The molecule has 0 aliphatic heterocycles. The maximum absolute atomic E-state index is 13.3. The Labute approximate surface area is 167 Å². The third kappa shape index (κ3) is 5.60. The number of ether oxygens (including phenoxy) is 1. The van der Waals surface area contributed by atoms with Gasteiger partial charge >= 0.3 is 6.18 Å². The van der Waals surface area contributed by atoms with Crippen LogP contribution in [0.4, 0.5) is 36.3 Å². The van der Waals surface area contributed by atoms with Crippen LogP contribution in [0, 0.1) is 0 Å². The lowest BCUT2D eigenvalue weighted by Gasteiger charge is -2.15. The van der Waals surface area contributed by atoms with Crippen molar-refractivity contribution in [1.82, 2.24) is 9.97 Å². The molecule has 8 heteroatoms. The zero-order valence-electron chi connectivity index (χ0n) is 16.0. The van der Waals surface area contributed by atoms with Gasteiger partial charge in [-0.25, -0.2) is 4.98 Å². The van der Waals surface area contributed by atoms with E-state index in [0.29, 0.717) is 17.1 Å². The van der Waals surface area contributed by atoms with Gasteiger partial charge in [0.05, 0.1) is 6.10 Å². The normalized spacial score (nSPS) is 12.3. The molecule has 0 fully saturated rings. The highest BCUT2D eigenvalue weighted by molar-refractivity contribution is 5.63. The SMILES string of the molecule is CCC(C)Oc1ccc(Nc2ncc(C(F)(F)F)c(Nc3ccccc3)n2)cc1. The minimum atomic E-state index is -4.58. The minimum Gasteiger partial charge on any atom is -0.491 e. The van der Waals surface area contributed by atoms with Gasteiger partial charge in [-0.2, -0.15) is 18.2 Å². The van der Waals surface area contributed by atoms with E-state index in [1.807, 2.05) is 13.8 Å². The molecule has 0 aliphatic carbocycles. The first-order valence-electron chi connectivity index (χ1n) is 9.15. The summed E-state index contributed by atoms with van der Waals surface area (Å²) in [6.45, 7) is 4.01. The first-order chi connectivity index (χ1) is 13.8. The third-order valence-corrected chi connectivity index (χ3v) is 4.15. The quantitative estimate of drug-likeness (QED) is 0.496. The Morgan fingerprint density at radius 2 is 1.62 bits per heavy atom. The van der Waals surface area contributed by atoms with Crippen LogP contribution in [0.1, 0.15) is 25.8 Å². The zero-order valence-corrected chi connectivity index (χ0v) is 16.0. The van der Waals surface area contributed by atoms with Gasteiger partial charge in [-0.05, 0) is 49.7 Å². The van der Waals surface area contributed by atoms with E-state index < -0.39 is 11.7 Å². The first-order valence-corrected chi connectivity index (χ1v) is 9.15. The van der Waals surface area contributed by atoms with Crippen LogP contribution in [-0.2, 0) is 6.18 Å². The predicted molar refractivity (Wildman–Crippen MR) is 107 cm³/mol. The maximum atomic E-state index is 13.3. The van der Waals surface area contributed by atoms with Gasteiger partial charge in [-0.15, -0.1) is 0 Å². The fraction of sp³-hybridized carbons (Fsp3) is 0.238. The molecule has 0 aliphatic rings. The van der Waals surface area contributed by atoms with Crippen molar-refractivity contribution in [2.24, 2.45) is 0 Å². The van der Waals surface area contributed by atoms with Crippen LogP contribution in [0.5, 0.6) is 5.75 Å². The number of hydrogen-bond acceptors (Lipinski definition) is 5. The molecule has 1 unspecified atom stereocenters. The summed E-state index contributed by atoms with van der Waals surface area (Å²) in [5.74, 6) is 0.439. The average Bonchev–Trinajstić information content (AvgIpc) is 2.69. The van der Waals surface area contributed by atoms with E-state index >= 15 is 0 Å². The molecule has 1 heterocycles. The van der Waals surface area contributed by atoms with E-state index in [1.54, 1.807) is 54.6 Å². The number of alkyl halides is 3. The molecule has 0 saturated heterocycles. The Balaban J connectivity index is 1.82. The number of nitrogens with zero attached hydrogens (tertiary/aromatic N) is 2. The van der Waals surface area contributed by atoms with Gasteiger partial charge in [0.15, 0.2) is 0 Å². The lowest BCUT2D eigenvalue weighted by molar-refractivity contribution is -0.137. The number of anilines is 4. The number of nitrogens with one attached hydrogen (secondary N) is 2. The third-order valence-electron chi connectivity index (χ3n) is 4.15. The largest absolute Gasteiger partial charge is 0.491 e. The van der Waals surface area contributed by atoms with Gasteiger partial charge in [0.25, 0.3) is 0 Å². The Morgan fingerprint density at radius 1 is 0.966 bits per heavy atom. The highest BCUT2D eigenvalue weighted by atomic mass is 19.4. The topological polar surface area (TPSA) is 59.1 Å². The van der Waals surface area contributed by atoms with Crippen LogP contribution < -0.4 is 15.4 Å². The van der Waals surface area contributed by atoms with Gasteiger partial charge in [-0.1, -0.05) is 25.1 Å². The summed E-state index contributed by atoms with van der Waals surface area (Å²) < 4.78 is 45.7. The fourth-order valence-corrected chi connectivity index (χ4v) is 2.46. The van der Waals surface area contributed by atoms with Crippen LogP contribution in [0.2, 0.25) is 0 Å². The summed E-state index contributed by atoms with van der Waals surface area (Å²) >= 11 is 0. The standard InChI is InChI=1S/C21H21F3N4O/c1-3-14(2)29-17-11-9-16(10-12-17)27-20-25-13-18(21(22,23)24)19(28-20)26-15-7-5-4-6-8-15/h4-14H,3H2,1-2H3,(H2,25,26,27,28). The summed E-state index contributed by atoms with van der Waals surface area (Å²) in [7, 11) is 0. The molecule has 1 atom stereocenters. The molecule has 0 amide bonds. The van der Waals surface area contributed by atoms with E-state index in [2.05, 4.69) is 20.6 Å². The van der Waals surface area contributed by atoms with Gasteiger partial charge in [0.2, 0.25) is 5.95 Å². The molecule has 5 nitrogen and oxygen atoms in total. The average molecular weight is 402 g/mol. The van der Waals surface area contributed by atoms with E-state index in [-0.39, 0.29) is 17.9 Å². The van der Waals surface area contributed by atoms with Crippen LogP contribution in [0.3, 0.4) is 0 Å². The van der Waals surface area contributed by atoms with Gasteiger partial charge in [-0.3, -0.25) is 0 Å². The molecular formula is C21H21F3N4O. The molecule has 2 aromatic carbocycles. The van der Waals surface area contributed by atoms with E-state index in [9.17, 15) is 13.2 Å². The maximum Gasteiger partial charge on any atom is 0.421 e. The van der Waals surface area contributed by atoms with Crippen LogP contribution in [-0.4, -0.2) is 16.1 Å². The van der Waals surface area contributed by atoms with Crippen molar-refractivity contribution in [2.45, 2.75) is 32.5 Å². The van der Waals surface area contributed by atoms with Crippen LogP contribution >= 0.6 is 0 Å². The minimum absolute atomic E-state index is 0.0482. The second kappa shape index (κ2) is 8.81. The van der Waals surface area contributed by atoms with Crippen LogP contribution in [0.15, 0.2) is 60.8 Å². The fourth-order valence-electron chi connectivity index (χ4n) is 2.46. The number of aromatic nitrogens is 2. The number of hydrogen-bond donors (Lipinski definition) is 2. The second-order valence-electron chi connectivity index (χ2n) is 6.43. The van der Waals surface area contributed by atoms with Crippen molar-refractivity contribution in [3.8, 4) is 5.75 Å². The summed E-state index contributed by atoms with van der Waals surface area (Å²) in [5.41, 5.74) is 0.185. The molecule has 0 spiro atoms. The van der Waals surface area contributed by atoms with Gasteiger partial charge in [0, 0.05) is 17.6 Å².